The molecule has 0 aliphatic carbocycles. The van der Waals surface area contributed by atoms with Gasteiger partial charge in [0, 0.05) is 17.6 Å². The molecular weight excluding hydrogens is 136 g/mol. The van der Waals surface area contributed by atoms with Crippen LogP contribution in [0.2, 0.25) is 0 Å². The Labute approximate surface area is 65.9 Å². The van der Waals surface area contributed by atoms with Crippen molar-refractivity contribution in [1.29, 1.82) is 0 Å². The zero-order valence-electron chi connectivity index (χ0n) is 6.70. The first kappa shape index (κ1) is 6.40. The van der Waals surface area contributed by atoms with Crippen LogP contribution in [0.15, 0.2) is 23.2 Å². The van der Waals surface area contributed by atoms with Gasteiger partial charge in [-0.05, 0) is 32.1 Å². The summed E-state index contributed by atoms with van der Waals surface area (Å²) in [5.41, 5.74) is 2.48. The maximum Gasteiger partial charge on any atom is 0.138 e. The van der Waals surface area contributed by atoms with Gasteiger partial charge in [0.05, 0.1) is 0 Å². The van der Waals surface area contributed by atoms with Gasteiger partial charge in [-0.3, -0.25) is 0 Å². The second kappa shape index (κ2) is 2.09. The van der Waals surface area contributed by atoms with Crippen LogP contribution in [0.25, 0.3) is 5.82 Å². The molecule has 0 radical (unpaired) electrons. The average molecular weight is 146 g/mol. The van der Waals surface area contributed by atoms with Crippen LogP contribution in [-0.2, 0) is 0 Å². The van der Waals surface area contributed by atoms with E-state index in [-0.39, 0.29) is 0 Å². The number of rotatable bonds is 1. The van der Waals surface area contributed by atoms with Crippen molar-refractivity contribution < 1.29 is 0 Å². The molecule has 0 fully saturated rings. The van der Waals surface area contributed by atoms with Gasteiger partial charge in [0.2, 0.25) is 0 Å². The maximum absolute atomic E-state index is 4.13. The topological polar surface area (TPSA) is 17.3 Å². The highest BCUT2D eigenvalue weighted by Crippen LogP contribution is 2.18. The molecule has 0 amide bonds. The summed E-state index contributed by atoms with van der Waals surface area (Å²) in [5.74, 6) is 1.05. The molecule has 2 heterocycles. The Morgan fingerprint density at radius 1 is 1.18 bits per heavy atom. The van der Waals surface area contributed by atoms with Crippen LogP contribution >= 0.6 is 0 Å². The zero-order chi connectivity index (χ0) is 7.84. The highest BCUT2D eigenvalue weighted by Gasteiger charge is 2.07. The van der Waals surface area contributed by atoms with Crippen LogP contribution in [-0.4, -0.2) is 10.8 Å². The molecular formula is C9H10N2. The van der Waals surface area contributed by atoms with Crippen molar-refractivity contribution in [2.75, 3.05) is 0 Å². The van der Waals surface area contributed by atoms with Gasteiger partial charge in [0.25, 0.3) is 0 Å². The van der Waals surface area contributed by atoms with E-state index in [9.17, 15) is 0 Å². The molecule has 0 saturated heterocycles. The number of hydrogen-bond acceptors (Lipinski definition) is 1. The molecule has 0 aromatic carbocycles. The summed E-state index contributed by atoms with van der Waals surface area (Å²) >= 11 is 0. The van der Waals surface area contributed by atoms with Gasteiger partial charge < -0.3 is 4.57 Å². The number of aliphatic imine (C=N–C) groups is 1. The van der Waals surface area contributed by atoms with E-state index in [1.165, 1.54) is 11.4 Å². The first-order chi connectivity index (χ1) is 5.29. The fraction of sp³-hybridized carbons (Fsp3) is 0.222. The lowest BCUT2D eigenvalue weighted by Gasteiger charge is -2.12. The fourth-order valence-electron chi connectivity index (χ4n) is 1.30. The zero-order valence-corrected chi connectivity index (χ0v) is 6.70. The van der Waals surface area contributed by atoms with E-state index < -0.39 is 0 Å². The van der Waals surface area contributed by atoms with Crippen molar-refractivity contribution >= 4 is 12.0 Å². The van der Waals surface area contributed by atoms with Crippen molar-refractivity contribution in [1.82, 2.24) is 4.57 Å². The first-order valence-electron chi connectivity index (χ1n) is 3.69. The smallest absolute Gasteiger partial charge is 0.138 e. The predicted octanol–water partition coefficient (Wildman–Crippen LogP) is 1.99. The van der Waals surface area contributed by atoms with Crippen molar-refractivity contribution in [2.24, 2.45) is 4.99 Å². The lowest BCUT2D eigenvalue weighted by atomic mass is 10.4. The molecule has 56 valence electrons. The Balaban J connectivity index is 2.50. The van der Waals surface area contributed by atoms with E-state index in [1.54, 1.807) is 0 Å². The molecule has 0 spiro atoms. The van der Waals surface area contributed by atoms with Crippen LogP contribution in [0.3, 0.4) is 0 Å². The number of aromatic nitrogens is 1. The molecule has 2 nitrogen and oxygen atoms in total. The minimum atomic E-state index is 1.05. The van der Waals surface area contributed by atoms with Crippen molar-refractivity contribution in [3.63, 3.8) is 0 Å². The fourth-order valence-corrected chi connectivity index (χ4v) is 1.30. The predicted molar refractivity (Wildman–Crippen MR) is 46.7 cm³/mol. The summed E-state index contributed by atoms with van der Waals surface area (Å²) in [6.07, 6.45) is 3.83. The van der Waals surface area contributed by atoms with Gasteiger partial charge in [-0.1, -0.05) is 0 Å². The van der Waals surface area contributed by atoms with Gasteiger partial charge >= 0.3 is 0 Å². The highest BCUT2D eigenvalue weighted by molar-refractivity contribution is 5.90. The lowest BCUT2D eigenvalue weighted by molar-refractivity contribution is 0.967. The Hall–Kier alpha value is -1.31. The summed E-state index contributed by atoms with van der Waals surface area (Å²) in [7, 11) is 0. The molecule has 1 aromatic rings. The number of allylic oxidation sites excluding steroid dienone is 1. The van der Waals surface area contributed by atoms with Crippen LogP contribution < -0.4 is 0 Å². The summed E-state index contributed by atoms with van der Waals surface area (Å²) in [6.45, 7) is 4.17. The summed E-state index contributed by atoms with van der Waals surface area (Å²) in [4.78, 5) is 4.13. The van der Waals surface area contributed by atoms with E-state index in [0.29, 0.717) is 0 Å². The summed E-state index contributed by atoms with van der Waals surface area (Å²) in [5, 5.41) is 0. The van der Waals surface area contributed by atoms with Gasteiger partial charge in [-0.2, -0.15) is 0 Å². The quantitative estimate of drug-likeness (QED) is 0.576. The van der Waals surface area contributed by atoms with Gasteiger partial charge in [0.1, 0.15) is 5.82 Å². The van der Waals surface area contributed by atoms with Gasteiger partial charge in [0.15, 0.2) is 0 Å². The van der Waals surface area contributed by atoms with E-state index in [1.807, 2.05) is 12.3 Å². The van der Waals surface area contributed by atoms with Gasteiger partial charge in [-0.25, -0.2) is 4.99 Å². The molecule has 11 heavy (non-hydrogen) atoms. The van der Waals surface area contributed by atoms with E-state index in [4.69, 9.17) is 0 Å². The number of aryl methyl sites for hydroxylation is 2. The van der Waals surface area contributed by atoms with Crippen LogP contribution in [0.4, 0.5) is 0 Å². The molecule has 1 aliphatic rings. The average Bonchev–Trinajstić information content (AvgIpc) is 2.15. The molecule has 1 aromatic heterocycles. The SMILES string of the molecule is Cc1ccc(C)n1C1=CC=N1. The van der Waals surface area contributed by atoms with Crippen molar-refractivity contribution in [2.45, 2.75) is 13.8 Å². The van der Waals surface area contributed by atoms with Crippen molar-refractivity contribution in [3.05, 3.63) is 29.6 Å². The number of hydrogen-bond donors (Lipinski definition) is 0. The Bertz CT molecular complexity index is 323. The third-order valence-corrected chi connectivity index (χ3v) is 1.93. The monoisotopic (exact) mass is 146 g/mol. The molecule has 2 rings (SSSR count). The molecule has 0 atom stereocenters. The van der Waals surface area contributed by atoms with E-state index in [2.05, 4.69) is 35.5 Å². The summed E-state index contributed by atoms with van der Waals surface area (Å²) < 4.78 is 2.14. The molecule has 1 aliphatic heterocycles. The third-order valence-electron chi connectivity index (χ3n) is 1.93. The van der Waals surface area contributed by atoms with E-state index in [0.717, 1.165) is 5.82 Å². The third kappa shape index (κ3) is 0.827. The van der Waals surface area contributed by atoms with E-state index >= 15 is 0 Å². The minimum absolute atomic E-state index is 1.05. The number of nitrogens with zero attached hydrogens (tertiary/aromatic N) is 2. The molecule has 2 heteroatoms. The second-order valence-corrected chi connectivity index (χ2v) is 2.75. The van der Waals surface area contributed by atoms with Crippen molar-refractivity contribution in [3.8, 4) is 0 Å². The normalized spacial score (nSPS) is 14.5. The molecule has 0 bridgehead atoms. The van der Waals surface area contributed by atoms with Crippen LogP contribution in [0, 0.1) is 13.8 Å². The molecule has 0 N–H and O–H groups in total. The Kier molecular flexibility index (Phi) is 1.22. The second-order valence-electron chi connectivity index (χ2n) is 2.75. The van der Waals surface area contributed by atoms with Crippen LogP contribution in [0.5, 0.6) is 0 Å². The molecule has 0 saturated carbocycles. The largest absolute Gasteiger partial charge is 0.303 e. The summed E-state index contributed by atoms with van der Waals surface area (Å²) in [6, 6.07) is 4.20. The molecule has 0 unspecified atom stereocenters. The standard InChI is InChI=1S/C9H10N2/c1-7-3-4-8(2)11(7)9-5-6-10-9/h3-6H,1-2H3. The Morgan fingerprint density at radius 3 is 2.09 bits per heavy atom. The maximum atomic E-state index is 4.13. The highest BCUT2D eigenvalue weighted by atomic mass is 15.1. The lowest BCUT2D eigenvalue weighted by Crippen LogP contribution is -2.03. The Morgan fingerprint density at radius 2 is 1.73 bits per heavy atom. The van der Waals surface area contributed by atoms with Gasteiger partial charge in [-0.15, -0.1) is 0 Å². The van der Waals surface area contributed by atoms with Crippen LogP contribution in [0.1, 0.15) is 11.4 Å². The minimum Gasteiger partial charge on any atom is -0.303 e. The first-order valence-corrected chi connectivity index (χ1v) is 3.69.